The number of carbonyl (C=O) groups excluding carboxylic acids is 3. The van der Waals surface area contributed by atoms with Gasteiger partial charge in [0.15, 0.2) is 11.5 Å². The molecule has 0 aromatic heterocycles. The van der Waals surface area contributed by atoms with E-state index in [1.165, 1.54) is 7.11 Å². The number of carbonyl (C=O) groups is 3. The van der Waals surface area contributed by atoms with Gasteiger partial charge in [-0.3, -0.25) is 14.4 Å². The van der Waals surface area contributed by atoms with E-state index in [9.17, 15) is 24.6 Å². The summed E-state index contributed by atoms with van der Waals surface area (Å²) in [6, 6.07) is 2.56. The van der Waals surface area contributed by atoms with E-state index in [-0.39, 0.29) is 37.3 Å². The lowest BCUT2D eigenvalue weighted by molar-refractivity contribution is -0.142. The number of ether oxygens (including phenoxy) is 2. The molecular weight excluding hydrogens is 615 g/mol. The number of methoxy groups -OCH3 is 1. The number of rotatable bonds is 14. The van der Waals surface area contributed by atoms with Gasteiger partial charge in [0.2, 0.25) is 11.8 Å². The van der Waals surface area contributed by atoms with Crippen molar-refractivity contribution in [1.82, 2.24) is 10.2 Å². The average Bonchev–Trinajstić information content (AvgIpc) is 3.48. The van der Waals surface area contributed by atoms with Crippen LogP contribution in [-0.2, 0) is 9.59 Å². The standard InChI is InChI=1S/C29H41IN2O7/c1-3-4-5-8-12-32(29(37)20-9-6-7-10-20)23-16-21(28(36)31-11-13-33)17-24(26(23)35)39-27-22(30)14-19(18-34)15-25(27)38-2/h14-15,17-18,20,23-24,26,33,35H,3-13,16H2,1-2H3,(H,31,36). The van der Waals surface area contributed by atoms with Gasteiger partial charge in [0.1, 0.15) is 18.5 Å². The molecule has 1 saturated carbocycles. The van der Waals surface area contributed by atoms with Gasteiger partial charge < -0.3 is 29.9 Å². The minimum absolute atomic E-state index is 0.0336. The molecule has 2 aliphatic carbocycles. The normalized spacial score (nSPS) is 21.3. The third-order valence-corrected chi connectivity index (χ3v) is 8.30. The van der Waals surface area contributed by atoms with Gasteiger partial charge in [0, 0.05) is 36.6 Å². The van der Waals surface area contributed by atoms with Gasteiger partial charge in [-0.15, -0.1) is 0 Å². The maximum atomic E-state index is 13.8. The van der Waals surface area contributed by atoms with Crippen LogP contribution in [0.2, 0.25) is 0 Å². The molecule has 0 bridgehead atoms. The van der Waals surface area contributed by atoms with Gasteiger partial charge >= 0.3 is 0 Å². The fourth-order valence-electron chi connectivity index (χ4n) is 5.39. The van der Waals surface area contributed by atoms with Crippen LogP contribution in [0.5, 0.6) is 11.5 Å². The summed E-state index contributed by atoms with van der Waals surface area (Å²) in [6.07, 6.45) is 8.08. The zero-order valence-corrected chi connectivity index (χ0v) is 25.0. The second kappa shape index (κ2) is 15.6. The van der Waals surface area contributed by atoms with E-state index in [1.807, 2.05) is 22.6 Å². The van der Waals surface area contributed by atoms with Gasteiger partial charge in [0.05, 0.1) is 23.3 Å². The number of hydrogen-bond donors (Lipinski definition) is 3. The van der Waals surface area contributed by atoms with E-state index in [0.29, 0.717) is 39.0 Å². The fourth-order valence-corrected chi connectivity index (χ4v) is 6.15. The first-order valence-corrected chi connectivity index (χ1v) is 15.0. The molecule has 1 fully saturated rings. The van der Waals surface area contributed by atoms with Crippen LogP contribution < -0.4 is 14.8 Å². The van der Waals surface area contributed by atoms with Crippen molar-refractivity contribution in [1.29, 1.82) is 0 Å². The largest absolute Gasteiger partial charge is 0.493 e. The van der Waals surface area contributed by atoms with Crippen LogP contribution >= 0.6 is 22.6 Å². The molecule has 0 aliphatic heterocycles. The second-order valence-electron chi connectivity index (χ2n) is 10.2. The number of aliphatic hydroxyl groups excluding tert-OH is 2. The predicted octanol–water partition coefficient (Wildman–Crippen LogP) is 3.63. The van der Waals surface area contributed by atoms with Crippen molar-refractivity contribution >= 4 is 40.7 Å². The van der Waals surface area contributed by atoms with E-state index in [1.54, 1.807) is 23.1 Å². The first kappa shape index (κ1) is 31.3. The van der Waals surface area contributed by atoms with Gasteiger partial charge in [-0.05, 0) is 60.1 Å². The number of unbranched alkanes of at least 4 members (excludes halogenated alkanes) is 3. The monoisotopic (exact) mass is 656 g/mol. The molecule has 2 amide bonds. The van der Waals surface area contributed by atoms with Crippen molar-refractivity contribution in [2.45, 2.75) is 83.0 Å². The highest BCUT2D eigenvalue weighted by atomic mass is 127. The maximum Gasteiger partial charge on any atom is 0.247 e. The van der Waals surface area contributed by atoms with Crippen LogP contribution in [0.1, 0.15) is 75.1 Å². The van der Waals surface area contributed by atoms with Crippen LogP contribution in [0.15, 0.2) is 23.8 Å². The number of aliphatic hydroxyl groups is 2. The molecule has 0 radical (unpaired) electrons. The van der Waals surface area contributed by atoms with Gasteiger partial charge in [-0.1, -0.05) is 39.0 Å². The quantitative estimate of drug-likeness (QED) is 0.159. The van der Waals surface area contributed by atoms with Crippen LogP contribution in [-0.4, -0.2) is 78.3 Å². The Balaban J connectivity index is 1.97. The summed E-state index contributed by atoms with van der Waals surface area (Å²) >= 11 is 2.04. The molecule has 3 N–H and O–H groups in total. The second-order valence-corrected chi connectivity index (χ2v) is 11.4. The summed E-state index contributed by atoms with van der Waals surface area (Å²) in [5.41, 5.74) is 0.811. The zero-order chi connectivity index (χ0) is 28.4. The Morgan fingerprint density at radius 2 is 1.95 bits per heavy atom. The first-order valence-electron chi connectivity index (χ1n) is 13.9. The van der Waals surface area contributed by atoms with Gasteiger partial charge in [0.25, 0.3) is 0 Å². The smallest absolute Gasteiger partial charge is 0.247 e. The van der Waals surface area contributed by atoms with Crippen LogP contribution in [0, 0.1) is 9.49 Å². The summed E-state index contributed by atoms with van der Waals surface area (Å²) in [5, 5.41) is 23.6. The molecule has 10 heteroatoms. The van der Waals surface area contributed by atoms with E-state index in [0.717, 1.165) is 51.4 Å². The van der Waals surface area contributed by atoms with E-state index < -0.39 is 18.2 Å². The lowest BCUT2D eigenvalue weighted by Gasteiger charge is -2.41. The number of benzene rings is 1. The van der Waals surface area contributed by atoms with Gasteiger partial charge in [-0.2, -0.15) is 0 Å². The molecule has 0 saturated heterocycles. The Morgan fingerprint density at radius 3 is 2.59 bits per heavy atom. The number of halogens is 1. The topological polar surface area (TPSA) is 125 Å². The third kappa shape index (κ3) is 8.17. The third-order valence-electron chi connectivity index (χ3n) is 7.50. The molecule has 39 heavy (non-hydrogen) atoms. The molecule has 1 aromatic rings. The SMILES string of the molecule is CCCCCCN(C(=O)C1CCCC1)C1CC(C(=O)NCCO)=CC(Oc2c(I)cc(C=O)cc2OC)C1O. The average molecular weight is 657 g/mol. The van der Waals surface area contributed by atoms with Crippen molar-refractivity contribution in [2.24, 2.45) is 5.92 Å². The molecule has 0 spiro atoms. The van der Waals surface area contributed by atoms with Crippen LogP contribution in [0.3, 0.4) is 0 Å². The fraction of sp³-hybridized carbons (Fsp3) is 0.621. The molecule has 2 aliphatic rings. The Hall–Kier alpha value is -2.18. The lowest BCUT2D eigenvalue weighted by atomic mass is 9.87. The van der Waals surface area contributed by atoms with E-state index in [2.05, 4.69) is 12.2 Å². The molecule has 3 unspecified atom stereocenters. The summed E-state index contributed by atoms with van der Waals surface area (Å²) in [5.74, 6) is 0.267. The van der Waals surface area contributed by atoms with Crippen molar-refractivity contribution in [2.75, 3.05) is 26.8 Å². The highest BCUT2D eigenvalue weighted by Crippen LogP contribution is 2.37. The molecule has 9 nitrogen and oxygen atoms in total. The molecule has 1 aromatic carbocycles. The first-order chi connectivity index (χ1) is 18.8. The Morgan fingerprint density at radius 1 is 1.21 bits per heavy atom. The summed E-state index contributed by atoms with van der Waals surface area (Å²) < 4.78 is 12.4. The molecule has 3 rings (SSSR count). The lowest BCUT2D eigenvalue weighted by Crippen LogP contribution is -2.56. The van der Waals surface area contributed by atoms with E-state index in [4.69, 9.17) is 9.47 Å². The molecule has 0 heterocycles. The Bertz CT molecular complexity index is 1030. The van der Waals surface area contributed by atoms with Crippen molar-refractivity contribution < 1.29 is 34.1 Å². The molecule has 216 valence electrons. The summed E-state index contributed by atoms with van der Waals surface area (Å²) in [6.45, 7) is 2.53. The number of hydrogen-bond acceptors (Lipinski definition) is 7. The number of aldehydes is 1. The molecule has 3 atom stereocenters. The van der Waals surface area contributed by atoms with Gasteiger partial charge in [-0.25, -0.2) is 0 Å². The summed E-state index contributed by atoms with van der Waals surface area (Å²) in [4.78, 5) is 39.9. The Kier molecular flexibility index (Phi) is 12.5. The van der Waals surface area contributed by atoms with Crippen molar-refractivity contribution in [3.63, 3.8) is 0 Å². The van der Waals surface area contributed by atoms with Crippen LogP contribution in [0.25, 0.3) is 0 Å². The summed E-state index contributed by atoms with van der Waals surface area (Å²) in [7, 11) is 1.47. The number of nitrogens with one attached hydrogen (secondary N) is 1. The number of amides is 2. The van der Waals surface area contributed by atoms with Crippen molar-refractivity contribution in [3.8, 4) is 11.5 Å². The minimum atomic E-state index is -1.10. The maximum absolute atomic E-state index is 13.8. The van der Waals surface area contributed by atoms with Crippen LogP contribution in [0.4, 0.5) is 0 Å². The van der Waals surface area contributed by atoms with E-state index >= 15 is 0 Å². The van der Waals surface area contributed by atoms with Crippen molar-refractivity contribution in [3.05, 3.63) is 32.9 Å². The Labute approximate surface area is 244 Å². The minimum Gasteiger partial charge on any atom is -0.493 e. The predicted molar refractivity (Wildman–Crippen MR) is 156 cm³/mol. The zero-order valence-electron chi connectivity index (χ0n) is 22.9. The number of nitrogens with zero attached hydrogens (tertiary/aromatic N) is 1. The highest BCUT2D eigenvalue weighted by molar-refractivity contribution is 14.1. The highest BCUT2D eigenvalue weighted by Gasteiger charge is 2.42. The molecular formula is C29H41IN2O7.